The van der Waals surface area contributed by atoms with Crippen molar-refractivity contribution >= 4 is 5.91 Å². The van der Waals surface area contributed by atoms with Crippen LogP contribution in [0.3, 0.4) is 0 Å². The van der Waals surface area contributed by atoms with Crippen molar-refractivity contribution in [3.8, 4) is 5.75 Å². The lowest BCUT2D eigenvalue weighted by molar-refractivity contribution is 0.0462. The SMILES string of the molecule is COc1ccc(C(=O)N2CCC(C(O)c3ccccc3)CC2)c(C)c1. The monoisotopic (exact) mass is 339 g/mol. The highest BCUT2D eigenvalue weighted by Crippen LogP contribution is 2.31. The number of methoxy groups -OCH3 is 1. The molecule has 1 saturated heterocycles. The van der Waals surface area contributed by atoms with Gasteiger partial charge in [-0.1, -0.05) is 30.3 Å². The second kappa shape index (κ2) is 7.70. The molecule has 0 aliphatic carbocycles. The van der Waals surface area contributed by atoms with Gasteiger partial charge in [-0.25, -0.2) is 0 Å². The van der Waals surface area contributed by atoms with Crippen molar-refractivity contribution in [2.75, 3.05) is 20.2 Å². The Morgan fingerprint density at radius 1 is 1.16 bits per heavy atom. The van der Waals surface area contributed by atoms with Crippen molar-refractivity contribution in [2.45, 2.75) is 25.9 Å². The van der Waals surface area contributed by atoms with Crippen molar-refractivity contribution in [3.05, 3.63) is 65.2 Å². The quantitative estimate of drug-likeness (QED) is 0.926. The summed E-state index contributed by atoms with van der Waals surface area (Å²) < 4.78 is 5.20. The molecule has 4 heteroatoms. The Hall–Kier alpha value is -2.33. The molecule has 0 bridgehead atoms. The van der Waals surface area contributed by atoms with E-state index in [0.717, 1.165) is 35.3 Å². The van der Waals surface area contributed by atoms with E-state index < -0.39 is 6.10 Å². The van der Waals surface area contributed by atoms with Crippen molar-refractivity contribution in [2.24, 2.45) is 5.92 Å². The number of aryl methyl sites for hydroxylation is 1. The molecule has 4 nitrogen and oxygen atoms in total. The molecule has 0 saturated carbocycles. The van der Waals surface area contributed by atoms with Crippen LogP contribution in [0.5, 0.6) is 5.75 Å². The van der Waals surface area contributed by atoms with Gasteiger partial charge in [-0.2, -0.15) is 0 Å². The third-order valence-corrected chi connectivity index (χ3v) is 5.08. The molecule has 25 heavy (non-hydrogen) atoms. The number of nitrogens with zero attached hydrogens (tertiary/aromatic N) is 1. The standard InChI is InChI=1S/C21H25NO3/c1-15-14-18(25-2)8-9-19(15)21(24)22-12-10-17(11-13-22)20(23)16-6-4-3-5-7-16/h3-9,14,17,20,23H,10-13H2,1-2H3. The summed E-state index contributed by atoms with van der Waals surface area (Å²) in [6.45, 7) is 3.29. The molecule has 1 amide bonds. The largest absolute Gasteiger partial charge is 0.497 e. The molecule has 2 aromatic rings. The molecule has 2 aromatic carbocycles. The number of hydrogen-bond donors (Lipinski definition) is 1. The fraction of sp³-hybridized carbons (Fsp3) is 0.381. The third-order valence-electron chi connectivity index (χ3n) is 5.08. The number of amides is 1. The number of carbonyl (C=O) groups is 1. The topological polar surface area (TPSA) is 49.8 Å². The Morgan fingerprint density at radius 2 is 1.84 bits per heavy atom. The van der Waals surface area contributed by atoms with Gasteiger partial charge in [-0.15, -0.1) is 0 Å². The molecule has 0 radical (unpaired) electrons. The van der Waals surface area contributed by atoms with Gasteiger partial charge in [0.2, 0.25) is 0 Å². The highest BCUT2D eigenvalue weighted by atomic mass is 16.5. The summed E-state index contributed by atoms with van der Waals surface area (Å²) in [5, 5.41) is 10.6. The number of rotatable bonds is 4. The number of carbonyl (C=O) groups excluding carboxylic acids is 1. The van der Waals surface area contributed by atoms with Crippen molar-refractivity contribution in [3.63, 3.8) is 0 Å². The first-order valence-corrected chi connectivity index (χ1v) is 8.77. The van der Waals surface area contributed by atoms with E-state index in [4.69, 9.17) is 4.74 Å². The zero-order valence-electron chi connectivity index (χ0n) is 14.8. The minimum atomic E-state index is -0.457. The minimum Gasteiger partial charge on any atom is -0.497 e. The fourth-order valence-corrected chi connectivity index (χ4v) is 3.51. The Kier molecular flexibility index (Phi) is 5.39. The summed E-state index contributed by atoms with van der Waals surface area (Å²) in [7, 11) is 1.62. The van der Waals surface area contributed by atoms with Crippen LogP contribution < -0.4 is 4.74 Å². The van der Waals surface area contributed by atoms with Gasteiger partial charge >= 0.3 is 0 Å². The number of benzene rings is 2. The van der Waals surface area contributed by atoms with Crippen LogP contribution in [0.15, 0.2) is 48.5 Å². The van der Waals surface area contributed by atoms with E-state index in [9.17, 15) is 9.90 Å². The number of aliphatic hydroxyl groups is 1. The van der Waals surface area contributed by atoms with Gasteiger partial charge in [-0.3, -0.25) is 4.79 Å². The molecular weight excluding hydrogens is 314 g/mol. The maximum absolute atomic E-state index is 12.8. The maximum Gasteiger partial charge on any atom is 0.254 e. The molecule has 1 fully saturated rings. The zero-order valence-corrected chi connectivity index (χ0v) is 14.8. The molecule has 1 unspecified atom stereocenters. The second-order valence-corrected chi connectivity index (χ2v) is 6.67. The van der Waals surface area contributed by atoms with Gasteiger partial charge in [-0.05, 0) is 55.0 Å². The predicted molar refractivity (Wildman–Crippen MR) is 97.8 cm³/mol. The lowest BCUT2D eigenvalue weighted by atomic mass is 9.87. The average molecular weight is 339 g/mol. The molecule has 1 aliphatic heterocycles. The normalized spacial score (nSPS) is 16.5. The molecule has 0 spiro atoms. The number of likely N-dealkylation sites (tertiary alicyclic amines) is 1. The van der Waals surface area contributed by atoms with Crippen LogP contribution in [-0.4, -0.2) is 36.1 Å². The van der Waals surface area contributed by atoms with Crippen LogP contribution in [-0.2, 0) is 0 Å². The van der Waals surface area contributed by atoms with Crippen molar-refractivity contribution < 1.29 is 14.6 Å². The first-order chi connectivity index (χ1) is 12.1. The molecule has 0 aromatic heterocycles. The summed E-state index contributed by atoms with van der Waals surface area (Å²) in [4.78, 5) is 14.7. The van der Waals surface area contributed by atoms with Crippen LogP contribution in [0.25, 0.3) is 0 Å². The maximum atomic E-state index is 12.8. The van der Waals surface area contributed by atoms with Gasteiger partial charge in [0.1, 0.15) is 5.75 Å². The van der Waals surface area contributed by atoms with E-state index in [2.05, 4.69) is 0 Å². The Labute approximate surface area is 149 Å². The lowest BCUT2D eigenvalue weighted by Crippen LogP contribution is -2.40. The molecule has 1 heterocycles. The minimum absolute atomic E-state index is 0.0628. The first-order valence-electron chi connectivity index (χ1n) is 8.77. The zero-order chi connectivity index (χ0) is 17.8. The first kappa shape index (κ1) is 17.5. The highest BCUT2D eigenvalue weighted by molar-refractivity contribution is 5.95. The van der Waals surface area contributed by atoms with E-state index in [1.54, 1.807) is 7.11 Å². The molecule has 3 rings (SSSR count). The van der Waals surface area contributed by atoms with Crippen molar-refractivity contribution in [1.29, 1.82) is 0 Å². The van der Waals surface area contributed by atoms with Gasteiger partial charge in [0.25, 0.3) is 5.91 Å². The Morgan fingerprint density at radius 3 is 2.44 bits per heavy atom. The number of aliphatic hydroxyl groups excluding tert-OH is 1. The number of ether oxygens (including phenoxy) is 1. The summed E-state index contributed by atoms with van der Waals surface area (Å²) >= 11 is 0. The number of hydrogen-bond acceptors (Lipinski definition) is 3. The van der Waals surface area contributed by atoms with Crippen LogP contribution in [0.2, 0.25) is 0 Å². The van der Waals surface area contributed by atoms with Gasteiger partial charge < -0.3 is 14.7 Å². The predicted octanol–water partition coefficient (Wildman–Crippen LogP) is 3.59. The highest BCUT2D eigenvalue weighted by Gasteiger charge is 2.29. The average Bonchev–Trinajstić information content (AvgIpc) is 2.67. The van der Waals surface area contributed by atoms with Crippen LogP contribution in [0, 0.1) is 12.8 Å². The van der Waals surface area contributed by atoms with Gasteiger partial charge in [0, 0.05) is 18.7 Å². The molecule has 1 N–H and O–H groups in total. The third kappa shape index (κ3) is 3.85. The van der Waals surface area contributed by atoms with E-state index in [1.807, 2.05) is 60.4 Å². The Bertz CT molecular complexity index is 721. The van der Waals surface area contributed by atoms with Gasteiger partial charge in [0.15, 0.2) is 0 Å². The summed E-state index contributed by atoms with van der Waals surface area (Å²) in [6.07, 6.45) is 1.18. The van der Waals surface area contributed by atoms with Gasteiger partial charge in [0.05, 0.1) is 13.2 Å². The second-order valence-electron chi connectivity index (χ2n) is 6.67. The van der Waals surface area contributed by atoms with Crippen LogP contribution in [0.4, 0.5) is 0 Å². The van der Waals surface area contributed by atoms with Crippen LogP contribution >= 0.6 is 0 Å². The van der Waals surface area contributed by atoms with E-state index in [0.29, 0.717) is 13.1 Å². The summed E-state index contributed by atoms with van der Waals surface area (Å²) in [5.74, 6) is 1.02. The number of piperidine rings is 1. The fourth-order valence-electron chi connectivity index (χ4n) is 3.51. The Balaban J connectivity index is 1.63. The summed E-state index contributed by atoms with van der Waals surface area (Å²) in [5.41, 5.74) is 2.61. The molecular formula is C21H25NO3. The molecule has 1 atom stereocenters. The summed E-state index contributed by atoms with van der Waals surface area (Å²) in [6, 6.07) is 15.3. The van der Waals surface area contributed by atoms with E-state index in [1.165, 1.54) is 0 Å². The van der Waals surface area contributed by atoms with E-state index >= 15 is 0 Å². The van der Waals surface area contributed by atoms with Crippen LogP contribution in [0.1, 0.15) is 40.4 Å². The van der Waals surface area contributed by atoms with Crippen molar-refractivity contribution in [1.82, 2.24) is 4.90 Å². The molecule has 1 aliphatic rings. The smallest absolute Gasteiger partial charge is 0.254 e. The molecule has 132 valence electrons. The lowest BCUT2D eigenvalue weighted by Gasteiger charge is -2.34. The van der Waals surface area contributed by atoms with E-state index in [-0.39, 0.29) is 11.8 Å².